The van der Waals surface area contributed by atoms with E-state index in [0.717, 1.165) is 12.1 Å². The number of hydrogen-bond donors (Lipinski definition) is 1. The smallest absolute Gasteiger partial charge is 0.445 e. The number of aromatic nitrogens is 2. The van der Waals surface area contributed by atoms with Gasteiger partial charge < -0.3 is 4.74 Å². The first kappa shape index (κ1) is 20.3. The second kappa shape index (κ2) is 7.34. The molecule has 1 aromatic heterocycles. The summed E-state index contributed by atoms with van der Waals surface area (Å²) >= 11 is -0.0341. The minimum atomic E-state index is -4.81. The summed E-state index contributed by atoms with van der Waals surface area (Å²) in [6, 6.07) is 2.22. The third kappa shape index (κ3) is 5.50. The van der Waals surface area contributed by atoms with Gasteiger partial charge in [-0.2, -0.15) is 26.3 Å². The van der Waals surface area contributed by atoms with Crippen LogP contribution in [0.5, 0.6) is 5.75 Å². The van der Waals surface area contributed by atoms with Gasteiger partial charge in [-0.05, 0) is 12.1 Å². The highest BCUT2D eigenvalue weighted by Gasteiger charge is 2.36. The zero-order valence-electron chi connectivity index (χ0n) is 12.6. The van der Waals surface area contributed by atoms with E-state index in [9.17, 15) is 41.3 Å². The molecule has 8 nitrogen and oxygen atoms in total. The quantitative estimate of drug-likeness (QED) is 0.453. The molecule has 0 spiro atoms. The normalized spacial score (nSPS) is 11.9. The molecular formula is C12H6F6N4O4S. The first-order valence-corrected chi connectivity index (χ1v) is 7.38. The van der Waals surface area contributed by atoms with E-state index >= 15 is 0 Å². The molecule has 0 radical (unpaired) electrons. The number of nitrogens with zero attached hydrogens (tertiary/aromatic N) is 3. The first-order chi connectivity index (χ1) is 12.4. The van der Waals surface area contributed by atoms with Gasteiger partial charge in [0.1, 0.15) is 11.3 Å². The molecule has 0 aliphatic rings. The Hall–Kier alpha value is -2.97. The lowest BCUT2D eigenvalue weighted by atomic mass is 10.1. The largest absolute Gasteiger partial charge is 0.484 e. The summed E-state index contributed by atoms with van der Waals surface area (Å²) < 4.78 is 78.3. The van der Waals surface area contributed by atoms with Crippen molar-refractivity contribution in [3.63, 3.8) is 0 Å². The predicted molar refractivity (Wildman–Crippen MR) is 77.5 cm³/mol. The van der Waals surface area contributed by atoms with Gasteiger partial charge in [-0.15, -0.1) is 10.2 Å². The van der Waals surface area contributed by atoms with Crippen molar-refractivity contribution in [2.24, 2.45) is 0 Å². The number of ether oxygens (including phenoxy) is 1. The highest BCUT2D eigenvalue weighted by Crippen LogP contribution is 2.33. The van der Waals surface area contributed by atoms with Crippen molar-refractivity contribution in [3.8, 4) is 5.75 Å². The van der Waals surface area contributed by atoms with Crippen LogP contribution >= 0.6 is 11.3 Å². The molecule has 2 rings (SSSR count). The Balaban J connectivity index is 2.27. The molecule has 1 amide bonds. The van der Waals surface area contributed by atoms with E-state index < -0.39 is 56.9 Å². The lowest BCUT2D eigenvalue weighted by molar-refractivity contribution is -0.385. The van der Waals surface area contributed by atoms with E-state index in [4.69, 9.17) is 0 Å². The third-order valence-corrected chi connectivity index (χ3v) is 3.58. The number of anilines is 1. The molecular weight excluding hydrogens is 410 g/mol. The summed E-state index contributed by atoms with van der Waals surface area (Å²) in [5.74, 6) is -1.78. The lowest BCUT2D eigenvalue weighted by Gasteiger charge is -2.10. The Morgan fingerprint density at radius 2 is 1.89 bits per heavy atom. The molecule has 1 aromatic carbocycles. The molecule has 0 saturated carbocycles. The fraction of sp³-hybridized carbons (Fsp3) is 0.250. The summed E-state index contributed by atoms with van der Waals surface area (Å²) in [5, 5.41) is 16.8. The van der Waals surface area contributed by atoms with Crippen molar-refractivity contribution in [1.82, 2.24) is 10.2 Å². The fourth-order valence-corrected chi connectivity index (χ4v) is 2.27. The predicted octanol–water partition coefficient (Wildman–Crippen LogP) is 3.66. The van der Waals surface area contributed by atoms with Gasteiger partial charge in [0, 0.05) is 6.07 Å². The average molecular weight is 416 g/mol. The minimum Gasteiger partial charge on any atom is -0.484 e. The zero-order chi connectivity index (χ0) is 20.4. The number of amides is 1. The third-order valence-electron chi connectivity index (χ3n) is 2.70. The number of carbonyl (C=O) groups is 1. The first-order valence-electron chi connectivity index (χ1n) is 6.57. The summed E-state index contributed by atoms with van der Waals surface area (Å²) in [6.07, 6.45) is -9.50. The zero-order valence-corrected chi connectivity index (χ0v) is 13.4. The number of rotatable bonds is 5. The van der Waals surface area contributed by atoms with Crippen molar-refractivity contribution in [3.05, 3.63) is 38.9 Å². The Morgan fingerprint density at radius 3 is 2.41 bits per heavy atom. The number of hydrogen-bond acceptors (Lipinski definition) is 7. The van der Waals surface area contributed by atoms with Crippen LogP contribution in [0.4, 0.5) is 37.2 Å². The Labute approximate surface area is 148 Å². The molecule has 0 aliphatic carbocycles. The van der Waals surface area contributed by atoms with E-state index in [2.05, 4.69) is 14.9 Å². The summed E-state index contributed by atoms with van der Waals surface area (Å²) in [7, 11) is 0. The van der Waals surface area contributed by atoms with Crippen molar-refractivity contribution >= 4 is 28.1 Å². The lowest BCUT2D eigenvalue weighted by Crippen LogP contribution is -2.20. The Morgan fingerprint density at radius 1 is 1.22 bits per heavy atom. The van der Waals surface area contributed by atoms with Gasteiger partial charge in [0.05, 0.1) is 4.92 Å². The second-order valence-electron chi connectivity index (χ2n) is 4.70. The molecule has 0 fully saturated rings. The molecule has 1 heterocycles. The summed E-state index contributed by atoms with van der Waals surface area (Å²) in [4.78, 5) is 22.1. The Bertz CT molecular complexity index is 866. The molecule has 146 valence electrons. The van der Waals surface area contributed by atoms with E-state index in [-0.39, 0.29) is 11.3 Å². The van der Waals surface area contributed by atoms with Gasteiger partial charge in [-0.25, -0.2) is 0 Å². The molecule has 0 saturated heterocycles. The molecule has 0 aliphatic heterocycles. The van der Waals surface area contributed by atoms with E-state index in [0.29, 0.717) is 6.07 Å². The monoisotopic (exact) mass is 416 g/mol. The maximum atomic E-state index is 12.5. The number of carbonyl (C=O) groups excluding carboxylic acids is 1. The van der Waals surface area contributed by atoms with Crippen molar-refractivity contribution in [1.29, 1.82) is 0 Å². The summed E-state index contributed by atoms with van der Waals surface area (Å²) in [5.41, 5.74) is -1.53. The van der Waals surface area contributed by atoms with Crippen LogP contribution in [0.2, 0.25) is 0 Å². The fourth-order valence-electron chi connectivity index (χ4n) is 1.66. The van der Waals surface area contributed by atoms with Gasteiger partial charge in [0.15, 0.2) is 6.61 Å². The van der Waals surface area contributed by atoms with Crippen molar-refractivity contribution in [2.75, 3.05) is 11.9 Å². The maximum Gasteiger partial charge on any atom is 0.445 e. The topological polar surface area (TPSA) is 107 Å². The van der Waals surface area contributed by atoms with Crippen LogP contribution in [0.25, 0.3) is 0 Å². The number of nitro benzene ring substituents is 1. The number of benzene rings is 1. The maximum absolute atomic E-state index is 12.5. The molecule has 0 atom stereocenters. The SMILES string of the molecule is O=C(Nc1nnc(C(F)(F)F)s1)c1cc(OCC(F)(F)F)ccc1[N+](=O)[O-]. The van der Waals surface area contributed by atoms with Crippen LogP contribution in [0.15, 0.2) is 18.2 Å². The van der Waals surface area contributed by atoms with Gasteiger partial charge in [-0.1, -0.05) is 11.3 Å². The summed E-state index contributed by atoms with van der Waals surface area (Å²) in [6.45, 7) is -1.71. The number of halogens is 6. The van der Waals surface area contributed by atoms with Crippen LogP contribution < -0.4 is 10.1 Å². The molecule has 2 aromatic rings. The van der Waals surface area contributed by atoms with Crippen LogP contribution in [0.1, 0.15) is 15.4 Å². The molecule has 0 bridgehead atoms. The number of alkyl halides is 6. The van der Waals surface area contributed by atoms with Crippen molar-refractivity contribution in [2.45, 2.75) is 12.4 Å². The van der Waals surface area contributed by atoms with E-state index in [1.165, 1.54) is 0 Å². The van der Waals surface area contributed by atoms with Crippen LogP contribution in [0, 0.1) is 10.1 Å². The molecule has 15 heteroatoms. The molecule has 0 unspecified atom stereocenters. The van der Waals surface area contributed by atoms with E-state index in [1.54, 1.807) is 0 Å². The van der Waals surface area contributed by atoms with Gasteiger partial charge >= 0.3 is 12.4 Å². The molecule has 27 heavy (non-hydrogen) atoms. The minimum absolute atomic E-state index is 0.0341. The standard InChI is InChI=1S/C12H6F6N4O4S/c13-11(14,15)4-26-5-1-2-7(22(24)25)6(3-5)8(23)19-10-21-20-9(27-10)12(16,17)18/h1-3H,4H2,(H,19,21,23). The highest BCUT2D eigenvalue weighted by atomic mass is 32.1. The van der Waals surface area contributed by atoms with Gasteiger partial charge in [0.2, 0.25) is 10.1 Å². The van der Waals surface area contributed by atoms with Gasteiger partial charge in [0.25, 0.3) is 11.6 Å². The van der Waals surface area contributed by atoms with Crippen LogP contribution in [-0.4, -0.2) is 33.8 Å². The van der Waals surface area contributed by atoms with E-state index in [1.807, 2.05) is 5.32 Å². The number of nitro groups is 1. The van der Waals surface area contributed by atoms with Crippen molar-refractivity contribution < 1.29 is 40.8 Å². The van der Waals surface area contributed by atoms with Crippen LogP contribution in [-0.2, 0) is 6.18 Å². The highest BCUT2D eigenvalue weighted by molar-refractivity contribution is 7.15. The Kier molecular flexibility index (Phi) is 5.53. The van der Waals surface area contributed by atoms with Gasteiger partial charge in [-0.3, -0.25) is 20.2 Å². The number of nitrogens with one attached hydrogen (secondary N) is 1. The van der Waals surface area contributed by atoms with Crippen LogP contribution in [0.3, 0.4) is 0 Å². The average Bonchev–Trinajstić information content (AvgIpc) is 3.00. The molecule has 1 N–H and O–H groups in total. The second-order valence-corrected chi connectivity index (χ2v) is 5.68.